The molecule has 0 bridgehead atoms. The summed E-state index contributed by atoms with van der Waals surface area (Å²) in [6.07, 6.45) is 4.11. The molecule has 0 aromatic carbocycles. The van der Waals surface area contributed by atoms with Crippen molar-refractivity contribution in [2.24, 2.45) is 0 Å². The smallest absolute Gasteiger partial charge is 0.233 e. The number of nitrogens with zero attached hydrogens (tertiary/aromatic N) is 4. The van der Waals surface area contributed by atoms with E-state index >= 15 is 0 Å². The molecule has 3 rings (SSSR count). The van der Waals surface area contributed by atoms with Crippen LogP contribution in [0.15, 0.2) is 42.7 Å². The van der Waals surface area contributed by atoms with Crippen molar-refractivity contribution in [3.63, 3.8) is 0 Å². The molecule has 7 nitrogen and oxygen atoms in total. The molecule has 8 heteroatoms. The van der Waals surface area contributed by atoms with E-state index in [1.165, 1.54) is 0 Å². The quantitative estimate of drug-likeness (QED) is 0.847. The molecule has 0 saturated carbocycles. The van der Waals surface area contributed by atoms with Crippen LogP contribution in [0.4, 0.5) is 17.3 Å². The first-order chi connectivity index (χ1) is 12.1. The number of nitrogens with one attached hydrogen (secondary N) is 1. The number of hydrogen-bond acceptors (Lipinski definition) is 6. The van der Waals surface area contributed by atoms with Crippen molar-refractivity contribution < 1.29 is 8.42 Å². The molecule has 0 spiro atoms. The monoisotopic (exact) mass is 361 g/mol. The van der Waals surface area contributed by atoms with Crippen LogP contribution in [0.3, 0.4) is 0 Å². The van der Waals surface area contributed by atoms with Gasteiger partial charge in [-0.3, -0.25) is 4.72 Å². The number of piperazine rings is 1. The summed E-state index contributed by atoms with van der Waals surface area (Å²) in [7, 11) is -3.30. The first kappa shape index (κ1) is 17.5. The van der Waals surface area contributed by atoms with Gasteiger partial charge in [-0.15, -0.1) is 0 Å². The lowest BCUT2D eigenvalue weighted by Crippen LogP contribution is -2.46. The Balaban J connectivity index is 1.59. The van der Waals surface area contributed by atoms with E-state index in [0.29, 0.717) is 12.2 Å². The summed E-state index contributed by atoms with van der Waals surface area (Å²) < 4.78 is 26.1. The van der Waals surface area contributed by atoms with Crippen LogP contribution in [0.1, 0.15) is 13.3 Å². The van der Waals surface area contributed by atoms with E-state index in [9.17, 15) is 8.42 Å². The van der Waals surface area contributed by atoms with Gasteiger partial charge in [0.1, 0.15) is 11.6 Å². The van der Waals surface area contributed by atoms with Gasteiger partial charge in [0.05, 0.1) is 17.6 Å². The zero-order valence-corrected chi connectivity index (χ0v) is 15.1. The van der Waals surface area contributed by atoms with E-state index in [1.54, 1.807) is 12.3 Å². The third kappa shape index (κ3) is 4.60. The molecule has 2 aromatic rings. The summed E-state index contributed by atoms with van der Waals surface area (Å²) in [5.41, 5.74) is 0.999. The van der Waals surface area contributed by atoms with Crippen LogP contribution in [0.5, 0.6) is 0 Å². The predicted octanol–water partition coefficient (Wildman–Crippen LogP) is 1.95. The molecule has 1 saturated heterocycles. The number of sulfonamides is 1. The summed E-state index contributed by atoms with van der Waals surface area (Å²) in [5.74, 6) is 1.47. The first-order valence-electron chi connectivity index (χ1n) is 8.45. The van der Waals surface area contributed by atoms with Crippen LogP contribution in [-0.2, 0) is 10.0 Å². The number of hydrogen-bond donors (Lipinski definition) is 1. The maximum atomic E-state index is 11.8. The second-order valence-electron chi connectivity index (χ2n) is 5.98. The number of rotatable bonds is 6. The predicted molar refractivity (Wildman–Crippen MR) is 101 cm³/mol. The third-order valence-electron chi connectivity index (χ3n) is 4.10. The Morgan fingerprint density at radius 3 is 2.40 bits per heavy atom. The average molecular weight is 361 g/mol. The third-order valence-corrected chi connectivity index (χ3v) is 5.56. The van der Waals surface area contributed by atoms with Crippen LogP contribution >= 0.6 is 0 Å². The lowest BCUT2D eigenvalue weighted by Gasteiger charge is -2.36. The Bertz CT molecular complexity index is 772. The molecular weight excluding hydrogens is 338 g/mol. The molecule has 1 aliphatic heterocycles. The molecule has 134 valence electrons. The first-order valence-corrected chi connectivity index (χ1v) is 10.1. The molecular formula is C17H23N5O2S. The molecule has 0 unspecified atom stereocenters. The molecule has 1 N–H and O–H groups in total. The van der Waals surface area contributed by atoms with Gasteiger partial charge in [-0.25, -0.2) is 18.4 Å². The van der Waals surface area contributed by atoms with Crippen molar-refractivity contribution >= 4 is 27.3 Å². The van der Waals surface area contributed by atoms with E-state index in [2.05, 4.69) is 24.5 Å². The molecule has 1 fully saturated rings. The van der Waals surface area contributed by atoms with Crippen molar-refractivity contribution in [1.29, 1.82) is 0 Å². The second-order valence-corrected chi connectivity index (χ2v) is 7.83. The molecule has 0 amide bonds. The molecule has 0 radical (unpaired) electrons. The van der Waals surface area contributed by atoms with Crippen molar-refractivity contribution in [1.82, 2.24) is 9.97 Å². The molecule has 0 atom stereocenters. The Hall–Kier alpha value is -2.35. The van der Waals surface area contributed by atoms with Gasteiger partial charge >= 0.3 is 0 Å². The van der Waals surface area contributed by atoms with Crippen LogP contribution in [0, 0.1) is 0 Å². The summed E-state index contributed by atoms with van der Waals surface area (Å²) in [4.78, 5) is 13.1. The Kier molecular flexibility index (Phi) is 5.37. The summed E-state index contributed by atoms with van der Waals surface area (Å²) in [5, 5.41) is 0. The average Bonchev–Trinajstić information content (AvgIpc) is 2.63. The van der Waals surface area contributed by atoms with Crippen molar-refractivity contribution in [3.05, 3.63) is 42.7 Å². The van der Waals surface area contributed by atoms with Gasteiger partial charge in [-0.1, -0.05) is 13.0 Å². The minimum absolute atomic E-state index is 0.103. The summed E-state index contributed by atoms with van der Waals surface area (Å²) in [6, 6.07) is 9.56. The number of aromatic nitrogens is 2. The maximum absolute atomic E-state index is 11.8. The van der Waals surface area contributed by atoms with Crippen molar-refractivity contribution in [2.75, 3.05) is 46.5 Å². The van der Waals surface area contributed by atoms with Crippen molar-refractivity contribution in [2.45, 2.75) is 13.3 Å². The van der Waals surface area contributed by atoms with Gasteiger partial charge in [0.25, 0.3) is 0 Å². The zero-order valence-electron chi connectivity index (χ0n) is 14.3. The fourth-order valence-electron chi connectivity index (χ4n) is 2.85. The van der Waals surface area contributed by atoms with Crippen LogP contribution in [-0.4, -0.2) is 50.3 Å². The van der Waals surface area contributed by atoms with E-state index in [-0.39, 0.29) is 5.75 Å². The Morgan fingerprint density at radius 2 is 1.80 bits per heavy atom. The van der Waals surface area contributed by atoms with Gasteiger partial charge in [0.15, 0.2) is 0 Å². The normalized spacial score (nSPS) is 15.2. The van der Waals surface area contributed by atoms with Crippen molar-refractivity contribution in [3.8, 4) is 0 Å². The highest BCUT2D eigenvalue weighted by Gasteiger charge is 2.18. The largest absolute Gasteiger partial charge is 0.367 e. The van der Waals surface area contributed by atoms with Gasteiger partial charge in [-0.2, -0.15) is 0 Å². The fraction of sp³-hybridized carbons (Fsp3) is 0.412. The highest BCUT2D eigenvalue weighted by Crippen LogP contribution is 2.20. The van der Waals surface area contributed by atoms with E-state index in [1.807, 2.05) is 37.4 Å². The van der Waals surface area contributed by atoms with Gasteiger partial charge in [0.2, 0.25) is 10.0 Å². The fourth-order valence-corrected chi connectivity index (χ4v) is 3.93. The van der Waals surface area contributed by atoms with E-state index < -0.39 is 10.0 Å². The van der Waals surface area contributed by atoms with E-state index in [0.717, 1.165) is 37.7 Å². The van der Waals surface area contributed by atoms with Gasteiger partial charge < -0.3 is 9.80 Å². The Labute approximate surface area is 148 Å². The maximum Gasteiger partial charge on any atom is 0.233 e. The molecule has 2 aromatic heterocycles. The highest BCUT2D eigenvalue weighted by molar-refractivity contribution is 7.92. The number of anilines is 3. The van der Waals surface area contributed by atoms with Crippen LogP contribution in [0.25, 0.3) is 0 Å². The number of pyridine rings is 2. The minimum atomic E-state index is -3.30. The zero-order chi connectivity index (χ0) is 17.7. The summed E-state index contributed by atoms with van der Waals surface area (Å²) in [6.45, 7) is 5.36. The van der Waals surface area contributed by atoms with Crippen LogP contribution in [0.2, 0.25) is 0 Å². The summed E-state index contributed by atoms with van der Waals surface area (Å²) >= 11 is 0. The van der Waals surface area contributed by atoms with Gasteiger partial charge in [-0.05, 0) is 30.7 Å². The Morgan fingerprint density at radius 1 is 1.04 bits per heavy atom. The lowest BCUT2D eigenvalue weighted by molar-refractivity contribution is 0.599. The lowest BCUT2D eigenvalue weighted by atomic mass is 10.2. The highest BCUT2D eigenvalue weighted by atomic mass is 32.2. The molecule has 3 heterocycles. The standard InChI is InChI=1S/C17H23N5O2S/c1-2-13-25(23,24)20-16-7-6-15(14-19-16)21-9-11-22(12-10-21)17-5-3-4-8-18-17/h3-8,14H,2,9-13H2,1H3,(H,19,20). The topological polar surface area (TPSA) is 78.4 Å². The minimum Gasteiger partial charge on any atom is -0.367 e. The molecule has 0 aliphatic carbocycles. The van der Waals surface area contributed by atoms with Gasteiger partial charge in [0, 0.05) is 32.4 Å². The molecule has 1 aliphatic rings. The van der Waals surface area contributed by atoms with Crippen LogP contribution < -0.4 is 14.5 Å². The molecule has 25 heavy (non-hydrogen) atoms. The second kappa shape index (κ2) is 7.69. The SMILES string of the molecule is CCCS(=O)(=O)Nc1ccc(N2CCN(c3ccccn3)CC2)cn1. The van der Waals surface area contributed by atoms with E-state index in [4.69, 9.17) is 0 Å².